The zero-order valence-corrected chi connectivity index (χ0v) is 5.32. The van der Waals surface area contributed by atoms with Crippen LogP contribution in [0.1, 0.15) is 0 Å². The van der Waals surface area contributed by atoms with E-state index in [1.54, 1.807) is 0 Å². The van der Waals surface area contributed by atoms with E-state index in [-0.39, 0.29) is 36.0 Å². The van der Waals surface area contributed by atoms with Crippen molar-refractivity contribution in [1.29, 1.82) is 0 Å². The first-order chi connectivity index (χ1) is 2.27. The summed E-state index contributed by atoms with van der Waals surface area (Å²) in [5, 5.41) is 7.60. The molecular formula is C2H6ClFeNO2. The van der Waals surface area contributed by atoms with E-state index in [4.69, 9.17) is 5.11 Å². The second-order valence-electron chi connectivity index (χ2n) is 0.598. The Hall–Kier alpha value is 0.239. The molecule has 0 aromatic carbocycles. The minimum absolute atomic E-state index is 0. The summed E-state index contributed by atoms with van der Waals surface area (Å²) in [5.41, 5.74) is 4.57. The first-order valence-electron chi connectivity index (χ1n) is 1.19. The van der Waals surface area contributed by atoms with Crippen molar-refractivity contribution < 1.29 is 27.0 Å². The molecule has 0 fully saturated rings. The molecule has 0 aliphatic heterocycles. The van der Waals surface area contributed by atoms with E-state index >= 15 is 0 Å². The van der Waals surface area contributed by atoms with Crippen LogP contribution in [0, 0.1) is 0 Å². The van der Waals surface area contributed by atoms with Gasteiger partial charge in [0.15, 0.2) is 0 Å². The Bertz CT molecular complexity index is 51.0. The van der Waals surface area contributed by atoms with E-state index < -0.39 is 5.97 Å². The van der Waals surface area contributed by atoms with Crippen LogP contribution >= 0.6 is 12.4 Å². The largest absolute Gasteiger partial charge is 0.480 e. The zero-order valence-electron chi connectivity index (χ0n) is 3.40. The molecule has 0 saturated carbocycles. The van der Waals surface area contributed by atoms with Crippen LogP contribution < -0.4 is 5.73 Å². The van der Waals surface area contributed by atoms with Gasteiger partial charge in [0.25, 0.3) is 0 Å². The molecule has 0 radical (unpaired) electrons. The van der Waals surface area contributed by atoms with Crippen LogP contribution in [0.2, 0.25) is 0 Å². The molecule has 0 aromatic heterocycles. The summed E-state index contributed by atoms with van der Waals surface area (Å²) in [4.78, 5) is 9.24. The molecule has 0 saturated heterocycles. The van der Waals surface area contributed by atoms with Gasteiger partial charge < -0.3 is 10.8 Å². The third kappa shape index (κ3) is 22.4. The van der Waals surface area contributed by atoms with E-state index in [9.17, 15) is 4.79 Å². The maximum Gasteiger partial charge on any atom is 0.317 e. The van der Waals surface area contributed by atoms with Crippen molar-refractivity contribution in [1.82, 2.24) is 0 Å². The van der Waals surface area contributed by atoms with Gasteiger partial charge in [-0.2, -0.15) is 0 Å². The molecule has 0 aromatic rings. The van der Waals surface area contributed by atoms with Crippen LogP contribution in [0.15, 0.2) is 0 Å². The number of carboxylic acid groups (broad SMARTS) is 1. The molecule has 0 unspecified atom stereocenters. The van der Waals surface area contributed by atoms with E-state index in [0.29, 0.717) is 0 Å². The molecule has 0 aliphatic rings. The Morgan fingerprint density at radius 3 is 1.86 bits per heavy atom. The SMILES string of the molecule is Cl.NCC(=O)O.[Fe]. The number of nitrogens with two attached hydrogens (primary N) is 1. The van der Waals surface area contributed by atoms with Gasteiger partial charge in [-0.25, -0.2) is 0 Å². The molecule has 0 atom stereocenters. The fourth-order valence-corrected chi connectivity index (χ4v) is 0. The number of carbonyl (C=O) groups is 1. The Labute approximate surface area is 58.1 Å². The zero-order chi connectivity index (χ0) is 4.28. The van der Waals surface area contributed by atoms with Crippen molar-refractivity contribution in [2.45, 2.75) is 0 Å². The van der Waals surface area contributed by atoms with Crippen molar-refractivity contribution in [2.24, 2.45) is 5.73 Å². The minimum atomic E-state index is -0.968. The van der Waals surface area contributed by atoms with Crippen LogP contribution in [0.25, 0.3) is 0 Å². The summed E-state index contributed by atoms with van der Waals surface area (Å²) < 4.78 is 0. The molecule has 0 rings (SSSR count). The molecule has 3 nitrogen and oxygen atoms in total. The summed E-state index contributed by atoms with van der Waals surface area (Å²) in [5.74, 6) is -0.968. The topological polar surface area (TPSA) is 63.3 Å². The van der Waals surface area contributed by atoms with Gasteiger partial charge in [0.1, 0.15) is 0 Å². The maximum atomic E-state index is 9.24. The van der Waals surface area contributed by atoms with Crippen molar-refractivity contribution in [3.63, 3.8) is 0 Å². The van der Waals surface area contributed by atoms with E-state index in [1.807, 2.05) is 0 Å². The fourth-order valence-electron chi connectivity index (χ4n) is 0. The van der Waals surface area contributed by atoms with Crippen molar-refractivity contribution in [2.75, 3.05) is 6.54 Å². The molecule has 46 valence electrons. The van der Waals surface area contributed by atoms with Gasteiger partial charge in [0.2, 0.25) is 0 Å². The monoisotopic (exact) mass is 167 g/mol. The van der Waals surface area contributed by atoms with Gasteiger partial charge in [-0.1, -0.05) is 0 Å². The average molecular weight is 167 g/mol. The fraction of sp³-hybridized carbons (Fsp3) is 0.500. The van der Waals surface area contributed by atoms with Crippen LogP contribution in [0.3, 0.4) is 0 Å². The number of halogens is 1. The smallest absolute Gasteiger partial charge is 0.317 e. The van der Waals surface area contributed by atoms with Crippen molar-refractivity contribution >= 4 is 18.4 Å². The summed E-state index contributed by atoms with van der Waals surface area (Å²) in [6.07, 6.45) is 0. The number of hydrogen-bond donors (Lipinski definition) is 2. The molecule has 0 amide bonds. The molecule has 0 bridgehead atoms. The summed E-state index contributed by atoms with van der Waals surface area (Å²) in [7, 11) is 0. The second kappa shape index (κ2) is 9.53. The summed E-state index contributed by atoms with van der Waals surface area (Å²) in [6, 6.07) is 0. The number of rotatable bonds is 1. The Morgan fingerprint density at radius 2 is 1.86 bits per heavy atom. The van der Waals surface area contributed by atoms with Crippen molar-refractivity contribution in [3.8, 4) is 0 Å². The minimum Gasteiger partial charge on any atom is -0.480 e. The molecule has 0 aliphatic carbocycles. The standard InChI is InChI=1S/C2H5NO2.ClH.Fe/c3-1-2(4)5;;/h1,3H2,(H,4,5);1H;. The molecule has 7 heavy (non-hydrogen) atoms. The van der Waals surface area contributed by atoms with Crippen LogP contribution in [0.4, 0.5) is 0 Å². The number of carboxylic acids is 1. The Balaban J connectivity index is -0.0000000800. The van der Waals surface area contributed by atoms with Gasteiger partial charge >= 0.3 is 5.97 Å². The Morgan fingerprint density at radius 1 is 1.71 bits per heavy atom. The maximum absolute atomic E-state index is 9.24. The average Bonchev–Trinajstić information content (AvgIpc) is 1.38. The first-order valence-corrected chi connectivity index (χ1v) is 1.19. The van der Waals surface area contributed by atoms with E-state index in [2.05, 4.69) is 5.73 Å². The van der Waals surface area contributed by atoms with Crippen molar-refractivity contribution in [3.05, 3.63) is 0 Å². The van der Waals surface area contributed by atoms with Gasteiger partial charge in [0.05, 0.1) is 6.54 Å². The first kappa shape index (κ1) is 15.7. The Kier molecular flexibility index (Phi) is 21.3. The molecular weight excluding hydrogens is 161 g/mol. The van der Waals surface area contributed by atoms with Crippen LogP contribution in [-0.4, -0.2) is 17.6 Å². The van der Waals surface area contributed by atoms with E-state index in [1.165, 1.54) is 0 Å². The van der Waals surface area contributed by atoms with Gasteiger partial charge in [0, 0.05) is 17.1 Å². The second-order valence-corrected chi connectivity index (χ2v) is 0.598. The number of aliphatic carboxylic acids is 1. The summed E-state index contributed by atoms with van der Waals surface area (Å²) >= 11 is 0. The molecule has 5 heteroatoms. The molecule has 3 N–H and O–H groups in total. The van der Waals surface area contributed by atoms with Gasteiger partial charge in [-0.05, 0) is 0 Å². The number of hydrogen-bond acceptors (Lipinski definition) is 2. The van der Waals surface area contributed by atoms with Gasteiger partial charge in [-0.15, -0.1) is 12.4 Å². The third-order valence-corrected chi connectivity index (χ3v) is 0.175. The predicted octanol–water partition coefficient (Wildman–Crippen LogP) is -0.551. The predicted molar refractivity (Wildman–Crippen MR) is 23.9 cm³/mol. The third-order valence-electron chi connectivity index (χ3n) is 0.175. The van der Waals surface area contributed by atoms with E-state index in [0.717, 1.165) is 0 Å². The quantitative estimate of drug-likeness (QED) is 0.515. The van der Waals surface area contributed by atoms with Crippen LogP contribution in [0.5, 0.6) is 0 Å². The summed E-state index contributed by atoms with van der Waals surface area (Å²) in [6.45, 7) is -0.278. The van der Waals surface area contributed by atoms with Gasteiger partial charge in [-0.3, -0.25) is 4.79 Å². The molecule has 0 spiro atoms. The molecule has 0 heterocycles. The normalized spacial score (nSPS) is 5.29. The van der Waals surface area contributed by atoms with Crippen LogP contribution in [-0.2, 0) is 21.9 Å².